The largest absolute Gasteiger partial charge is 0.351 e. The molecule has 23 heavy (non-hydrogen) atoms. The number of benzene rings is 2. The smallest absolute Gasteiger partial charge is 0.251 e. The maximum atomic E-state index is 12.8. The number of sulfonamides is 1. The van der Waals surface area contributed by atoms with E-state index in [2.05, 4.69) is 10.0 Å². The van der Waals surface area contributed by atoms with Gasteiger partial charge in [0.15, 0.2) is 0 Å². The van der Waals surface area contributed by atoms with Crippen LogP contribution in [0, 0.1) is 5.82 Å². The van der Waals surface area contributed by atoms with Gasteiger partial charge in [0.1, 0.15) is 5.82 Å². The Morgan fingerprint density at radius 3 is 2.22 bits per heavy atom. The van der Waals surface area contributed by atoms with Gasteiger partial charge in [0.05, 0.1) is 4.90 Å². The van der Waals surface area contributed by atoms with E-state index in [1.54, 1.807) is 0 Å². The molecule has 0 bridgehead atoms. The van der Waals surface area contributed by atoms with Crippen molar-refractivity contribution in [2.75, 3.05) is 13.1 Å². The summed E-state index contributed by atoms with van der Waals surface area (Å²) in [5.41, 5.74) is 0.298. The van der Waals surface area contributed by atoms with Gasteiger partial charge in [-0.1, -0.05) is 11.6 Å². The summed E-state index contributed by atoms with van der Waals surface area (Å²) in [5.74, 6) is -0.840. The molecule has 0 heterocycles. The average molecular weight is 357 g/mol. The van der Waals surface area contributed by atoms with Crippen LogP contribution in [0.4, 0.5) is 4.39 Å². The molecular formula is C15H14ClFN2O3S. The summed E-state index contributed by atoms with van der Waals surface area (Å²) in [6.07, 6.45) is 0. The van der Waals surface area contributed by atoms with Crippen molar-refractivity contribution in [2.45, 2.75) is 4.90 Å². The van der Waals surface area contributed by atoms with Gasteiger partial charge in [-0.3, -0.25) is 4.79 Å². The molecule has 2 aromatic rings. The van der Waals surface area contributed by atoms with Gasteiger partial charge in [-0.05, 0) is 48.5 Å². The Bertz CT molecular complexity index is 777. The second-order valence-corrected chi connectivity index (χ2v) is 6.82. The predicted molar refractivity (Wildman–Crippen MR) is 85.4 cm³/mol. The number of rotatable bonds is 6. The van der Waals surface area contributed by atoms with Crippen molar-refractivity contribution in [2.24, 2.45) is 0 Å². The minimum atomic E-state index is -3.65. The van der Waals surface area contributed by atoms with Crippen LogP contribution in [0.1, 0.15) is 10.4 Å². The molecule has 122 valence electrons. The van der Waals surface area contributed by atoms with Crippen molar-refractivity contribution in [1.82, 2.24) is 10.0 Å². The normalized spacial score (nSPS) is 11.2. The number of nitrogens with one attached hydrogen (secondary N) is 2. The number of hydrogen-bond acceptors (Lipinski definition) is 3. The molecular weight excluding hydrogens is 343 g/mol. The molecule has 0 unspecified atom stereocenters. The fourth-order valence-corrected chi connectivity index (χ4v) is 2.92. The summed E-state index contributed by atoms with van der Waals surface area (Å²) >= 11 is 5.71. The van der Waals surface area contributed by atoms with E-state index in [1.165, 1.54) is 48.5 Å². The molecule has 0 aliphatic rings. The zero-order chi connectivity index (χ0) is 16.9. The van der Waals surface area contributed by atoms with E-state index in [4.69, 9.17) is 11.6 Å². The average Bonchev–Trinajstić information content (AvgIpc) is 2.52. The van der Waals surface area contributed by atoms with Gasteiger partial charge in [0.25, 0.3) is 5.91 Å². The minimum absolute atomic E-state index is 0.0257. The molecule has 2 rings (SSSR count). The Labute approximate surface area is 138 Å². The molecule has 0 atom stereocenters. The Hall–Kier alpha value is -1.96. The fourth-order valence-electron chi connectivity index (χ4n) is 1.76. The molecule has 0 saturated carbocycles. The van der Waals surface area contributed by atoms with Gasteiger partial charge in [-0.15, -0.1) is 0 Å². The maximum absolute atomic E-state index is 12.8. The zero-order valence-corrected chi connectivity index (χ0v) is 13.5. The summed E-state index contributed by atoms with van der Waals surface area (Å²) in [6.45, 7) is 0.126. The molecule has 8 heteroatoms. The molecule has 0 aliphatic carbocycles. The number of halogens is 2. The van der Waals surface area contributed by atoms with Gasteiger partial charge in [-0.2, -0.15) is 0 Å². The van der Waals surface area contributed by atoms with E-state index in [-0.39, 0.29) is 18.0 Å². The van der Waals surface area contributed by atoms with Gasteiger partial charge in [-0.25, -0.2) is 17.5 Å². The highest BCUT2D eigenvalue weighted by Gasteiger charge is 2.13. The summed E-state index contributed by atoms with van der Waals surface area (Å²) in [4.78, 5) is 11.9. The van der Waals surface area contributed by atoms with Crippen LogP contribution in [-0.4, -0.2) is 27.4 Å². The van der Waals surface area contributed by atoms with Gasteiger partial charge < -0.3 is 5.32 Å². The van der Waals surface area contributed by atoms with Crippen LogP contribution in [0.5, 0.6) is 0 Å². The number of carbonyl (C=O) groups excluding carboxylic acids is 1. The lowest BCUT2D eigenvalue weighted by Crippen LogP contribution is -2.34. The Kier molecular flexibility index (Phi) is 5.70. The first-order valence-corrected chi connectivity index (χ1v) is 8.53. The molecule has 2 N–H and O–H groups in total. The Morgan fingerprint density at radius 2 is 1.61 bits per heavy atom. The van der Waals surface area contributed by atoms with Crippen molar-refractivity contribution < 1.29 is 17.6 Å². The fraction of sp³-hybridized carbons (Fsp3) is 0.133. The second kappa shape index (κ2) is 7.54. The third kappa shape index (κ3) is 5.02. The Morgan fingerprint density at radius 1 is 1.00 bits per heavy atom. The minimum Gasteiger partial charge on any atom is -0.351 e. The number of carbonyl (C=O) groups is 1. The molecule has 0 radical (unpaired) electrons. The zero-order valence-electron chi connectivity index (χ0n) is 11.9. The van der Waals surface area contributed by atoms with Crippen LogP contribution in [0.3, 0.4) is 0 Å². The first kappa shape index (κ1) is 17.4. The lowest BCUT2D eigenvalue weighted by molar-refractivity contribution is 0.0954. The highest BCUT2D eigenvalue weighted by Crippen LogP contribution is 2.13. The molecule has 2 aromatic carbocycles. The van der Waals surface area contributed by atoms with Gasteiger partial charge in [0.2, 0.25) is 10.0 Å². The van der Waals surface area contributed by atoms with Crippen molar-refractivity contribution in [1.29, 1.82) is 0 Å². The standard InChI is InChI=1S/C15H14ClFN2O3S/c16-12-3-7-14(8-4-12)23(21,22)19-10-9-18-15(20)11-1-5-13(17)6-2-11/h1-8,19H,9-10H2,(H,18,20). The molecule has 0 aromatic heterocycles. The van der Waals surface area contributed by atoms with Crippen LogP contribution in [0.15, 0.2) is 53.4 Å². The summed E-state index contributed by atoms with van der Waals surface area (Å²) < 4.78 is 39.1. The topological polar surface area (TPSA) is 75.3 Å². The summed E-state index contributed by atoms with van der Waals surface area (Å²) in [5, 5.41) is 2.98. The molecule has 0 fully saturated rings. The van der Waals surface area contributed by atoms with E-state index < -0.39 is 21.7 Å². The van der Waals surface area contributed by atoms with Gasteiger partial charge in [0, 0.05) is 23.7 Å². The van der Waals surface area contributed by atoms with E-state index in [0.717, 1.165) is 0 Å². The SMILES string of the molecule is O=C(NCCNS(=O)(=O)c1ccc(Cl)cc1)c1ccc(F)cc1. The molecule has 0 spiro atoms. The van der Waals surface area contributed by atoms with E-state index in [0.29, 0.717) is 10.6 Å². The number of hydrogen-bond donors (Lipinski definition) is 2. The van der Waals surface area contributed by atoms with E-state index in [1.807, 2.05) is 0 Å². The van der Waals surface area contributed by atoms with Crippen molar-refractivity contribution in [3.05, 3.63) is 64.9 Å². The first-order chi connectivity index (χ1) is 10.9. The van der Waals surface area contributed by atoms with E-state index >= 15 is 0 Å². The number of amides is 1. The lowest BCUT2D eigenvalue weighted by atomic mass is 10.2. The maximum Gasteiger partial charge on any atom is 0.251 e. The molecule has 5 nitrogen and oxygen atoms in total. The highest BCUT2D eigenvalue weighted by atomic mass is 35.5. The van der Waals surface area contributed by atoms with Crippen LogP contribution < -0.4 is 10.0 Å². The van der Waals surface area contributed by atoms with Crippen molar-refractivity contribution >= 4 is 27.5 Å². The third-order valence-electron chi connectivity index (χ3n) is 2.93. The van der Waals surface area contributed by atoms with Gasteiger partial charge >= 0.3 is 0 Å². The van der Waals surface area contributed by atoms with Crippen molar-refractivity contribution in [3.63, 3.8) is 0 Å². The lowest BCUT2D eigenvalue weighted by Gasteiger charge is -2.08. The van der Waals surface area contributed by atoms with Crippen LogP contribution in [-0.2, 0) is 10.0 Å². The van der Waals surface area contributed by atoms with Crippen LogP contribution >= 0.6 is 11.6 Å². The monoisotopic (exact) mass is 356 g/mol. The predicted octanol–water partition coefficient (Wildman–Crippen LogP) is 2.19. The quantitative estimate of drug-likeness (QED) is 0.779. The molecule has 0 aliphatic heterocycles. The first-order valence-electron chi connectivity index (χ1n) is 6.67. The highest BCUT2D eigenvalue weighted by molar-refractivity contribution is 7.89. The third-order valence-corrected chi connectivity index (χ3v) is 4.66. The van der Waals surface area contributed by atoms with Crippen molar-refractivity contribution in [3.8, 4) is 0 Å². The summed E-state index contributed by atoms with van der Waals surface area (Å²) in [7, 11) is -3.65. The summed E-state index contributed by atoms with van der Waals surface area (Å²) in [6, 6.07) is 10.8. The van der Waals surface area contributed by atoms with Crippen LogP contribution in [0.25, 0.3) is 0 Å². The molecule has 1 amide bonds. The van der Waals surface area contributed by atoms with Crippen LogP contribution in [0.2, 0.25) is 5.02 Å². The second-order valence-electron chi connectivity index (χ2n) is 4.61. The van der Waals surface area contributed by atoms with E-state index in [9.17, 15) is 17.6 Å². The Balaban J connectivity index is 1.83. The molecule has 0 saturated heterocycles.